The van der Waals surface area contributed by atoms with Crippen LogP contribution in [-0.2, 0) is 13.0 Å². The Balaban J connectivity index is 1.96. The number of amides is 1. The van der Waals surface area contributed by atoms with Gasteiger partial charge in [-0.2, -0.15) is 0 Å². The van der Waals surface area contributed by atoms with Gasteiger partial charge in [0.05, 0.1) is 5.56 Å². The third-order valence-electron chi connectivity index (χ3n) is 4.47. The summed E-state index contributed by atoms with van der Waals surface area (Å²) in [7, 11) is 0. The third-order valence-corrected chi connectivity index (χ3v) is 4.47. The Labute approximate surface area is 138 Å². The number of rotatable bonds is 3. The maximum atomic E-state index is 12.4. The van der Waals surface area contributed by atoms with Crippen LogP contribution in [0.1, 0.15) is 32.0 Å². The van der Waals surface area contributed by atoms with Gasteiger partial charge in [0.2, 0.25) is 0 Å². The van der Waals surface area contributed by atoms with Crippen LogP contribution in [0.4, 0.5) is 0 Å². The zero-order valence-electron chi connectivity index (χ0n) is 13.0. The van der Waals surface area contributed by atoms with E-state index in [0.29, 0.717) is 25.2 Å². The number of nitrogens with one attached hydrogen (secondary N) is 1. The first-order valence-corrected chi connectivity index (χ1v) is 7.85. The summed E-state index contributed by atoms with van der Waals surface area (Å²) in [5, 5.41) is 13.0. The zero-order valence-corrected chi connectivity index (χ0v) is 13.0. The first-order chi connectivity index (χ1) is 11.6. The summed E-state index contributed by atoms with van der Waals surface area (Å²) in [6.07, 6.45) is 0.711. The molecule has 0 fully saturated rings. The van der Waals surface area contributed by atoms with Crippen LogP contribution < -0.4 is 5.32 Å². The predicted molar refractivity (Wildman–Crippen MR) is 90.5 cm³/mol. The number of carboxylic acids is 1. The van der Waals surface area contributed by atoms with E-state index in [1.54, 1.807) is 18.2 Å². The van der Waals surface area contributed by atoms with Crippen molar-refractivity contribution in [1.29, 1.82) is 0 Å². The summed E-state index contributed by atoms with van der Waals surface area (Å²) >= 11 is 0. The second-order valence-corrected chi connectivity index (χ2v) is 5.94. The van der Waals surface area contributed by atoms with Crippen molar-refractivity contribution in [2.24, 2.45) is 0 Å². The fraction of sp³-hybridized carbons (Fsp3) is 0.158. The lowest BCUT2D eigenvalue weighted by Gasteiger charge is -2.16. The van der Waals surface area contributed by atoms with E-state index in [2.05, 4.69) is 5.32 Å². The fourth-order valence-corrected chi connectivity index (χ4v) is 3.38. The smallest absolute Gasteiger partial charge is 0.335 e. The Morgan fingerprint density at radius 3 is 2.71 bits per heavy atom. The molecular formula is C19H16N2O3. The van der Waals surface area contributed by atoms with E-state index in [1.807, 2.05) is 34.9 Å². The van der Waals surface area contributed by atoms with Gasteiger partial charge in [0.25, 0.3) is 5.91 Å². The second-order valence-electron chi connectivity index (χ2n) is 5.94. The number of carbonyl (C=O) groups is 2. The normalized spacial score (nSPS) is 13.6. The molecule has 1 aromatic heterocycles. The van der Waals surface area contributed by atoms with Crippen molar-refractivity contribution in [2.75, 3.05) is 6.54 Å². The highest BCUT2D eigenvalue weighted by molar-refractivity contribution is 6.04. The molecule has 1 amide bonds. The molecular weight excluding hydrogens is 304 g/mol. The maximum absolute atomic E-state index is 12.4. The van der Waals surface area contributed by atoms with Gasteiger partial charge in [-0.25, -0.2) is 4.79 Å². The van der Waals surface area contributed by atoms with Gasteiger partial charge in [0, 0.05) is 24.0 Å². The van der Waals surface area contributed by atoms with Gasteiger partial charge < -0.3 is 15.0 Å². The molecule has 0 aliphatic carbocycles. The molecule has 1 aliphatic rings. The van der Waals surface area contributed by atoms with Crippen LogP contribution in [0.5, 0.6) is 0 Å². The lowest BCUT2D eigenvalue weighted by molar-refractivity contribution is 0.0696. The molecule has 0 bridgehead atoms. The van der Waals surface area contributed by atoms with E-state index >= 15 is 0 Å². The van der Waals surface area contributed by atoms with Crippen molar-refractivity contribution in [3.8, 4) is 0 Å². The molecule has 5 heteroatoms. The van der Waals surface area contributed by atoms with Crippen molar-refractivity contribution in [3.63, 3.8) is 0 Å². The molecule has 0 atom stereocenters. The van der Waals surface area contributed by atoms with E-state index in [9.17, 15) is 14.7 Å². The molecule has 0 unspecified atom stereocenters. The Morgan fingerprint density at radius 2 is 1.96 bits per heavy atom. The van der Waals surface area contributed by atoms with Crippen LogP contribution in [0.15, 0.2) is 48.5 Å². The second kappa shape index (κ2) is 5.53. The van der Waals surface area contributed by atoms with Gasteiger partial charge >= 0.3 is 5.97 Å². The average Bonchev–Trinajstić information content (AvgIpc) is 2.90. The summed E-state index contributed by atoms with van der Waals surface area (Å²) in [6.45, 7) is 1.15. The molecule has 2 heterocycles. The molecule has 3 aromatic rings. The Hall–Kier alpha value is -3.08. The molecule has 2 N–H and O–H groups in total. The van der Waals surface area contributed by atoms with Gasteiger partial charge in [-0.3, -0.25) is 4.79 Å². The first-order valence-electron chi connectivity index (χ1n) is 7.85. The van der Waals surface area contributed by atoms with Gasteiger partial charge in [-0.05, 0) is 35.7 Å². The molecule has 0 saturated heterocycles. The lowest BCUT2D eigenvalue weighted by Crippen LogP contribution is -2.33. The first kappa shape index (κ1) is 14.5. The number of benzene rings is 2. The van der Waals surface area contributed by atoms with E-state index < -0.39 is 5.97 Å². The number of carbonyl (C=O) groups excluding carboxylic acids is 1. The topological polar surface area (TPSA) is 71.3 Å². The van der Waals surface area contributed by atoms with Gasteiger partial charge in [0.1, 0.15) is 5.69 Å². The summed E-state index contributed by atoms with van der Waals surface area (Å²) in [5.74, 6) is -1.05. The number of nitrogens with zero attached hydrogens (tertiary/aromatic N) is 1. The molecule has 5 nitrogen and oxygen atoms in total. The zero-order chi connectivity index (χ0) is 16.7. The number of aromatic nitrogens is 1. The maximum Gasteiger partial charge on any atom is 0.335 e. The van der Waals surface area contributed by atoms with Crippen LogP contribution in [0.2, 0.25) is 0 Å². The minimum atomic E-state index is -0.957. The number of hydrogen-bond donors (Lipinski definition) is 2. The summed E-state index contributed by atoms with van der Waals surface area (Å²) in [6, 6.07) is 15.0. The minimum Gasteiger partial charge on any atom is -0.478 e. The highest BCUT2D eigenvalue weighted by atomic mass is 16.4. The lowest BCUT2D eigenvalue weighted by atomic mass is 10.0. The van der Waals surface area contributed by atoms with Crippen molar-refractivity contribution >= 4 is 22.8 Å². The molecule has 4 rings (SSSR count). The number of fused-ring (bicyclic) bond motifs is 3. The molecule has 24 heavy (non-hydrogen) atoms. The van der Waals surface area contributed by atoms with Crippen LogP contribution in [0.3, 0.4) is 0 Å². The molecule has 1 aliphatic heterocycles. The van der Waals surface area contributed by atoms with Crippen LogP contribution in [0, 0.1) is 0 Å². The summed E-state index contributed by atoms with van der Waals surface area (Å²) in [5.41, 5.74) is 3.81. The SMILES string of the molecule is O=C(O)c1ccc2c(c1)c1c(n2Cc2ccccc2)C(=O)NCC1. The Morgan fingerprint density at radius 1 is 1.17 bits per heavy atom. The van der Waals surface area contributed by atoms with E-state index in [-0.39, 0.29) is 11.5 Å². The largest absolute Gasteiger partial charge is 0.478 e. The highest BCUT2D eigenvalue weighted by Gasteiger charge is 2.26. The third kappa shape index (κ3) is 2.25. The van der Waals surface area contributed by atoms with Gasteiger partial charge in [-0.15, -0.1) is 0 Å². The summed E-state index contributed by atoms with van der Waals surface area (Å²) < 4.78 is 1.99. The highest BCUT2D eigenvalue weighted by Crippen LogP contribution is 2.30. The van der Waals surface area contributed by atoms with Crippen LogP contribution in [0.25, 0.3) is 10.9 Å². The van der Waals surface area contributed by atoms with E-state index in [4.69, 9.17) is 0 Å². The van der Waals surface area contributed by atoms with E-state index in [0.717, 1.165) is 22.0 Å². The molecule has 0 saturated carbocycles. The minimum absolute atomic E-state index is 0.0970. The van der Waals surface area contributed by atoms with Crippen LogP contribution >= 0.6 is 0 Å². The van der Waals surface area contributed by atoms with E-state index in [1.165, 1.54) is 0 Å². The molecule has 2 aromatic carbocycles. The number of carboxylic acid groups (broad SMARTS) is 1. The van der Waals surface area contributed by atoms with Crippen molar-refractivity contribution in [3.05, 3.63) is 70.9 Å². The standard InChI is InChI=1S/C19H16N2O3/c22-18-17-14(8-9-20-18)15-10-13(19(23)24)6-7-16(15)21(17)11-12-4-2-1-3-5-12/h1-7,10H,8-9,11H2,(H,20,22)(H,23,24). The molecule has 0 radical (unpaired) electrons. The van der Waals surface area contributed by atoms with Crippen molar-refractivity contribution in [2.45, 2.75) is 13.0 Å². The Bertz CT molecular complexity index is 958. The van der Waals surface area contributed by atoms with Crippen molar-refractivity contribution in [1.82, 2.24) is 9.88 Å². The van der Waals surface area contributed by atoms with Crippen molar-refractivity contribution < 1.29 is 14.7 Å². The van der Waals surface area contributed by atoms with Gasteiger partial charge in [-0.1, -0.05) is 30.3 Å². The molecule has 120 valence electrons. The molecule has 0 spiro atoms. The Kier molecular flexibility index (Phi) is 3.34. The quantitative estimate of drug-likeness (QED) is 0.779. The fourth-order valence-electron chi connectivity index (χ4n) is 3.38. The number of aromatic carboxylic acids is 1. The summed E-state index contributed by atoms with van der Waals surface area (Å²) in [4.78, 5) is 23.7. The van der Waals surface area contributed by atoms with Gasteiger partial charge in [0.15, 0.2) is 0 Å². The van der Waals surface area contributed by atoms with Crippen LogP contribution in [-0.4, -0.2) is 28.1 Å². The number of hydrogen-bond acceptors (Lipinski definition) is 2. The predicted octanol–water partition coefficient (Wildman–Crippen LogP) is 2.67. The average molecular weight is 320 g/mol. The monoisotopic (exact) mass is 320 g/mol.